The minimum absolute atomic E-state index is 0.225. The summed E-state index contributed by atoms with van der Waals surface area (Å²) in [6.45, 7) is 0.860. The predicted octanol–water partition coefficient (Wildman–Crippen LogP) is 4.60. The fraction of sp³-hybridized carbons (Fsp3) is 0.370. The van der Waals surface area contributed by atoms with Crippen molar-refractivity contribution in [2.45, 2.75) is 38.0 Å². The number of anilines is 1. The second kappa shape index (κ2) is 9.20. The third kappa shape index (κ3) is 4.32. The summed E-state index contributed by atoms with van der Waals surface area (Å²) in [5.41, 5.74) is 1.73. The van der Waals surface area contributed by atoms with E-state index in [1.54, 1.807) is 18.2 Å². The summed E-state index contributed by atoms with van der Waals surface area (Å²) < 4.78 is 54.3. The Hall–Kier alpha value is -3.46. The van der Waals surface area contributed by atoms with E-state index in [9.17, 15) is 23.1 Å². The molecule has 1 aliphatic heterocycles. The number of ether oxygens (including phenoxy) is 2. The van der Waals surface area contributed by atoms with Gasteiger partial charge >= 0.3 is 6.18 Å². The monoisotopic (exact) mass is 500 g/mol. The lowest BCUT2D eigenvalue weighted by Gasteiger charge is -2.23. The lowest BCUT2D eigenvalue weighted by Crippen LogP contribution is -2.26. The molecule has 1 fully saturated rings. The number of aliphatic hydroxyl groups excluding tert-OH is 1. The zero-order chi connectivity index (χ0) is 25.6. The summed E-state index contributed by atoms with van der Waals surface area (Å²) in [7, 11) is 3.06. The molecule has 2 aliphatic rings. The molecule has 1 N–H and O–H groups in total. The van der Waals surface area contributed by atoms with Gasteiger partial charge in [0.15, 0.2) is 0 Å². The first-order valence-electron chi connectivity index (χ1n) is 11.8. The Kier molecular flexibility index (Phi) is 6.20. The molecule has 0 saturated carbocycles. The van der Waals surface area contributed by atoms with E-state index in [2.05, 4.69) is 0 Å². The van der Waals surface area contributed by atoms with Gasteiger partial charge in [0.05, 0.1) is 31.6 Å². The smallest absolute Gasteiger partial charge is 0.418 e. The van der Waals surface area contributed by atoms with Gasteiger partial charge in [-0.1, -0.05) is 0 Å². The van der Waals surface area contributed by atoms with Gasteiger partial charge in [-0.05, 0) is 67.1 Å². The third-order valence-electron chi connectivity index (χ3n) is 7.02. The quantitative estimate of drug-likeness (QED) is 0.555. The third-order valence-corrected chi connectivity index (χ3v) is 7.02. The number of pyridine rings is 1. The number of aromatic nitrogens is 1. The van der Waals surface area contributed by atoms with Gasteiger partial charge in [0, 0.05) is 42.2 Å². The molecule has 0 radical (unpaired) electrons. The van der Waals surface area contributed by atoms with E-state index in [0.717, 1.165) is 22.6 Å². The summed E-state index contributed by atoms with van der Waals surface area (Å²) in [4.78, 5) is 15.4. The van der Waals surface area contributed by atoms with E-state index in [4.69, 9.17) is 9.47 Å². The van der Waals surface area contributed by atoms with Gasteiger partial charge in [-0.15, -0.1) is 0 Å². The molecule has 6 nitrogen and oxygen atoms in total. The lowest BCUT2D eigenvalue weighted by atomic mass is 9.98. The Morgan fingerprint density at radius 2 is 1.69 bits per heavy atom. The van der Waals surface area contributed by atoms with E-state index in [1.807, 2.05) is 4.90 Å². The number of aliphatic hydroxyl groups is 1. The van der Waals surface area contributed by atoms with Crippen LogP contribution in [-0.2, 0) is 19.0 Å². The molecule has 36 heavy (non-hydrogen) atoms. The van der Waals surface area contributed by atoms with Crippen LogP contribution in [0, 0.1) is 0 Å². The van der Waals surface area contributed by atoms with Crippen LogP contribution in [0.1, 0.15) is 29.5 Å². The molecule has 190 valence electrons. The van der Waals surface area contributed by atoms with Crippen molar-refractivity contribution in [2.24, 2.45) is 0 Å². The van der Waals surface area contributed by atoms with Crippen molar-refractivity contribution in [3.63, 3.8) is 0 Å². The van der Waals surface area contributed by atoms with Crippen molar-refractivity contribution in [3.8, 4) is 28.3 Å². The van der Waals surface area contributed by atoms with Gasteiger partial charge in [0.1, 0.15) is 11.5 Å². The van der Waals surface area contributed by atoms with Gasteiger partial charge in [-0.25, -0.2) is 0 Å². The Morgan fingerprint density at radius 1 is 1.00 bits per heavy atom. The molecule has 1 saturated heterocycles. The van der Waals surface area contributed by atoms with Crippen LogP contribution < -0.4 is 19.9 Å². The number of fused-ring (bicyclic) bond motifs is 1. The predicted molar refractivity (Wildman–Crippen MR) is 130 cm³/mol. The molecule has 0 unspecified atom stereocenters. The normalized spacial score (nSPS) is 17.4. The highest BCUT2D eigenvalue weighted by Crippen LogP contribution is 2.39. The Bertz CT molecular complexity index is 1340. The maximum absolute atomic E-state index is 14.1. The Morgan fingerprint density at radius 3 is 2.31 bits per heavy atom. The summed E-state index contributed by atoms with van der Waals surface area (Å²) >= 11 is 0. The number of hydrogen-bond donors (Lipinski definition) is 1. The van der Waals surface area contributed by atoms with Crippen molar-refractivity contribution in [3.05, 3.63) is 69.6 Å². The van der Waals surface area contributed by atoms with E-state index < -0.39 is 23.4 Å². The van der Waals surface area contributed by atoms with Crippen molar-refractivity contribution in [2.75, 3.05) is 32.2 Å². The van der Waals surface area contributed by atoms with Crippen LogP contribution in [0.5, 0.6) is 11.5 Å². The number of nitrogens with zero attached hydrogens (tertiary/aromatic N) is 2. The zero-order valence-corrected chi connectivity index (χ0v) is 20.1. The number of rotatable bonds is 5. The second-order valence-electron chi connectivity index (χ2n) is 9.22. The molecule has 2 aromatic carbocycles. The molecule has 1 aliphatic carbocycles. The maximum atomic E-state index is 14.1. The van der Waals surface area contributed by atoms with E-state index in [0.29, 0.717) is 66.2 Å². The molecule has 0 spiro atoms. The highest BCUT2D eigenvalue weighted by atomic mass is 19.4. The fourth-order valence-electron chi connectivity index (χ4n) is 5.21. The highest BCUT2D eigenvalue weighted by Gasteiger charge is 2.36. The van der Waals surface area contributed by atoms with E-state index in [1.165, 1.54) is 32.5 Å². The second-order valence-corrected chi connectivity index (χ2v) is 9.22. The summed E-state index contributed by atoms with van der Waals surface area (Å²) in [5, 5.41) is 9.93. The van der Waals surface area contributed by atoms with Crippen LogP contribution in [0.15, 0.2) is 47.4 Å². The number of alkyl halides is 3. The van der Waals surface area contributed by atoms with Crippen LogP contribution in [0.3, 0.4) is 0 Å². The van der Waals surface area contributed by atoms with Crippen LogP contribution in [0.25, 0.3) is 16.8 Å². The summed E-state index contributed by atoms with van der Waals surface area (Å²) in [5.74, 6) is 1.08. The topological polar surface area (TPSA) is 63.9 Å². The van der Waals surface area contributed by atoms with Crippen molar-refractivity contribution in [1.29, 1.82) is 0 Å². The highest BCUT2D eigenvalue weighted by molar-refractivity contribution is 5.72. The van der Waals surface area contributed by atoms with Crippen molar-refractivity contribution in [1.82, 2.24) is 4.57 Å². The number of methoxy groups -OCH3 is 2. The van der Waals surface area contributed by atoms with Gasteiger partial charge < -0.3 is 19.5 Å². The van der Waals surface area contributed by atoms with Gasteiger partial charge in [-0.3, -0.25) is 9.36 Å². The van der Waals surface area contributed by atoms with Gasteiger partial charge in [0.25, 0.3) is 5.56 Å². The number of benzene rings is 2. The van der Waals surface area contributed by atoms with E-state index >= 15 is 0 Å². The standard InChI is InChI=1S/C27H27F3N2O4/c1-35-19-10-16(11-20(13-19)36-2)23-15-32(26(34)22-5-3-4-21(22)23)25-12-17(31-9-8-18(33)14-31)6-7-24(25)27(28,29)30/h6-7,10-13,15,18,33H,3-5,8-9,14H2,1-2H3/t18-/m0/s1. The molecule has 0 bridgehead atoms. The van der Waals surface area contributed by atoms with E-state index in [-0.39, 0.29) is 5.69 Å². The van der Waals surface area contributed by atoms with Crippen LogP contribution in [0.2, 0.25) is 0 Å². The molecular formula is C27H27F3N2O4. The first kappa shape index (κ1) is 24.2. The fourth-order valence-corrected chi connectivity index (χ4v) is 5.21. The Balaban J connectivity index is 1.75. The van der Waals surface area contributed by atoms with Gasteiger partial charge in [0.2, 0.25) is 0 Å². The maximum Gasteiger partial charge on any atom is 0.418 e. The molecule has 2 heterocycles. The number of halogens is 3. The SMILES string of the molecule is COc1cc(OC)cc(-c2cn(-c3cc(N4CC[C@H](O)C4)ccc3C(F)(F)F)c(=O)c3c2CCC3)c1. The molecule has 1 aromatic heterocycles. The first-order chi connectivity index (χ1) is 17.2. The average molecular weight is 501 g/mol. The summed E-state index contributed by atoms with van der Waals surface area (Å²) in [6.07, 6.45) is -1.23. The molecule has 1 atom stereocenters. The molecule has 9 heteroatoms. The minimum Gasteiger partial charge on any atom is -0.497 e. The molecule has 5 rings (SSSR count). The van der Waals surface area contributed by atoms with Crippen molar-refractivity contribution < 1.29 is 27.8 Å². The number of β-amino-alcohol motifs (C(OH)–C–C–N with tert-alkyl or cyclic N) is 1. The van der Waals surface area contributed by atoms with Crippen LogP contribution in [-0.4, -0.2) is 43.1 Å². The zero-order valence-electron chi connectivity index (χ0n) is 20.1. The lowest BCUT2D eigenvalue weighted by molar-refractivity contribution is -0.137. The molecule has 3 aromatic rings. The minimum atomic E-state index is -4.66. The van der Waals surface area contributed by atoms with Crippen LogP contribution >= 0.6 is 0 Å². The first-order valence-corrected chi connectivity index (χ1v) is 11.8. The van der Waals surface area contributed by atoms with Gasteiger partial charge in [-0.2, -0.15) is 13.2 Å². The Labute approximate surface area is 206 Å². The average Bonchev–Trinajstić information content (AvgIpc) is 3.53. The summed E-state index contributed by atoms with van der Waals surface area (Å²) in [6, 6.07) is 9.12. The van der Waals surface area contributed by atoms with Crippen molar-refractivity contribution >= 4 is 5.69 Å². The molecular weight excluding hydrogens is 473 g/mol. The molecule has 0 amide bonds. The van der Waals surface area contributed by atoms with Crippen LogP contribution in [0.4, 0.5) is 18.9 Å². The number of hydrogen-bond acceptors (Lipinski definition) is 5. The largest absolute Gasteiger partial charge is 0.497 e.